The third kappa shape index (κ3) is 2.88. The summed E-state index contributed by atoms with van der Waals surface area (Å²) >= 11 is 0. The number of rotatable bonds is 4. The molecule has 0 amide bonds. The Labute approximate surface area is 119 Å². The molecule has 0 bridgehead atoms. The van der Waals surface area contributed by atoms with Gasteiger partial charge in [0.25, 0.3) is 0 Å². The van der Waals surface area contributed by atoms with Gasteiger partial charge in [0.2, 0.25) is 0 Å². The number of H-pyrrole nitrogens is 1. The fraction of sp³-hybridized carbons (Fsp3) is 0.533. The van der Waals surface area contributed by atoms with Gasteiger partial charge in [-0.1, -0.05) is 6.92 Å². The summed E-state index contributed by atoms with van der Waals surface area (Å²) in [6.07, 6.45) is 5.10. The highest BCUT2D eigenvalue weighted by molar-refractivity contribution is 5.21. The first-order valence-corrected chi connectivity index (χ1v) is 7.31. The van der Waals surface area contributed by atoms with Crippen molar-refractivity contribution in [2.75, 3.05) is 6.54 Å². The molecule has 0 aromatic carbocycles. The molecule has 2 aromatic rings. The van der Waals surface area contributed by atoms with E-state index in [4.69, 9.17) is 0 Å². The first-order chi connectivity index (χ1) is 9.74. The van der Waals surface area contributed by atoms with Crippen LogP contribution < -0.4 is 0 Å². The lowest BCUT2D eigenvalue weighted by molar-refractivity contribution is 0.239. The number of hydrogen-bond acceptors (Lipinski definition) is 4. The zero-order chi connectivity index (χ0) is 13.9. The van der Waals surface area contributed by atoms with E-state index in [2.05, 4.69) is 38.1 Å². The Morgan fingerprint density at radius 1 is 1.40 bits per heavy atom. The standard InChI is InChI=1S/C15H21N5/c1-3-4-15-16-8-12-9-20(6-5-14(12)17-15)10-13-7-11(2)18-19-13/h7-8H,3-6,9-10H2,1-2H3,(H,18,19). The lowest BCUT2D eigenvalue weighted by atomic mass is 10.1. The molecular weight excluding hydrogens is 250 g/mol. The van der Waals surface area contributed by atoms with E-state index in [-0.39, 0.29) is 0 Å². The van der Waals surface area contributed by atoms with Crippen molar-refractivity contribution in [2.24, 2.45) is 0 Å². The van der Waals surface area contributed by atoms with E-state index in [1.165, 1.54) is 11.3 Å². The number of aromatic nitrogens is 4. The van der Waals surface area contributed by atoms with Crippen molar-refractivity contribution in [3.63, 3.8) is 0 Å². The normalized spacial score (nSPS) is 15.3. The number of fused-ring (bicyclic) bond motifs is 1. The predicted octanol–water partition coefficient (Wildman–Crippen LogP) is 2.02. The van der Waals surface area contributed by atoms with Gasteiger partial charge in [0.05, 0.1) is 5.69 Å². The summed E-state index contributed by atoms with van der Waals surface area (Å²) in [6.45, 7) is 7.05. The van der Waals surface area contributed by atoms with Gasteiger partial charge in [0.1, 0.15) is 5.82 Å². The van der Waals surface area contributed by atoms with Gasteiger partial charge < -0.3 is 0 Å². The molecule has 3 heterocycles. The minimum atomic E-state index is 0.889. The predicted molar refractivity (Wildman–Crippen MR) is 77.2 cm³/mol. The Kier molecular flexibility index (Phi) is 3.78. The molecular formula is C15H21N5. The molecule has 1 aliphatic rings. The quantitative estimate of drug-likeness (QED) is 0.924. The lowest BCUT2D eigenvalue weighted by Gasteiger charge is -2.27. The van der Waals surface area contributed by atoms with Gasteiger partial charge in [-0.3, -0.25) is 10.00 Å². The van der Waals surface area contributed by atoms with Crippen LogP contribution in [0.25, 0.3) is 0 Å². The van der Waals surface area contributed by atoms with E-state index in [1.807, 2.05) is 13.1 Å². The van der Waals surface area contributed by atoms with Crippen LogP contribution in [-0.2, 0) is 25.9 Å². The van der Waals surface area contributed by atoms with Gasteiger partial charge in [-0.15, -0.1) is 0 Å². The monoisotopic (exact) mass is 271 g/mol. The molecule has 0 aliphatic carbocycles. The highest BCUT2D eigenvalue weighted by Gasteiger charge is 2.19. The minimum Gasteiger partial charge on any atom is -0.293 e. The third-order valence-electron chi connectivity index (χ3n) is 3.68. The van der Waals surface area contributed by atoms with E-state index in [9.17, 15) is 0 Å². The number of nitrogens with zero attached hydrogens (tertiary/aromatic N) is 4. The van der Waals surface area contributed by atoms with Gasteiger partial charge in [-0.2, -0.15) is 5.10 Å². The number of nitrogens with one attached hydrogen (secondary N) is 1. The van der Waals surface area contributed by atoms with Crippen LogP contribution in [0.5, 0.6) is 0 Å². The van der Waals surface area contributed by atoms with Gasteiger partial charge >= 0.3 is 0 Å². The van der Waals surface area contributed by atoms with Crippen LogP contribution in [0.15, 0.2) is 12.3 Å². The summed E-state index contributed by atoms with van der Waals surface area (Å²) < 4.78 is 0. The maximum absolute atomic E-state index is 4.69. The summed E-state index contributed by atoms with van der Waals surface area (Å²) in [4.78, 5) is 11.6. The average Bonchev–Trinajstić information content (AvgIpc) is 2.85. The fourth-order valence-corrected chi connectivity index (χ4v) is 2.68. The molecule has 1 N–H and O–H groups in total. The average molecular weight is 271 g/mol. The van der Waals surface area contributed by atoms with E-state index in [1.54, 1.807) is 0 Å². The second-order valence-corrected chi connectivity index (χ2v) is 5.51. The topological polar surface area (TPSA) is 57.7 Å². The van der Waals surface area contributed by atoms with Crippen molar-refractivity contribution in [3.8, 4) is 0 Å². The van der Waals surface area contributed by atoms with E-state index in [0.29, 0.717) is 0 Å². The molecule has 0 saturated carbocycles. The molecule has 1 aliphatic heterocycles. The molecule has 0 radical (unpaired) electrons. The number of aromatic amines is 1. The van der Waals surface area contributed by atoms with Crippen molar-refractivity contribution in [1.82, 2.24) is 25.1 Å². The summed E-state index contributed by atoms with van der Waals surface area (Å²) in [6, 6.07) is 2.11. The van der Waals surface area contributed by atoms with Crippen molar-refractivity contribution < 1.29 is 0 Å². The van der Waals surface area contributed by atoms with Crippen molar-refractivity contribution in [1.29, 1.82) is 0 Å². The largest absolute Gasteiger partial charge is 0.293 e. The van der Waals surface area contributed by atoms with Crippen LogP contribution in [0.3, 0.4) is 0 Å². The maximum atomic E-state index is 4.69. The smallest absolute Gasteiger partial charge is 0.128 e. The second-order valence-electron chi connectivity index (χ2n) is 5.51. The van der Waals surface area contributed by atoms with Crippen LogP contribution in [0, 0.1) is 6.92 Å². The van der Waals surface area contributed by atoms with Crippen LogP contribution in [0.2, 0.25) is 0 Å². The Morgan fingerprint density at radius 2 is 2.30 bits per heavy atom. The molecule has 106 valence electrons. The molecule has 0 spiro atoms. The van der Waals surface area contributed by atoms with Crippen molar-refractivity contribution in [3.05, 3.63) is 40.7 Å². The van der Waals surface area contributed by atoms with Gasteiger partial charge in [0.15, 0.2) is 0 Å². The Hall–Kier alpha value is -1.75. The molecule has 20 heavy (non-hydrogen) atoms. The van der Waals surface area contributed by atoms with Crippen LogP contribution >= 0.6 is 0 Å². The second kappa shape index (κ2) is 5.71. The maximum Gasteiger partial charge on any atom is 0.128 e. The van der Waals surface area contributed by atoms with Gasteiger partial charge in [0, 0.05) is 55.6 Å². The molecule has 0 atom stereocenters. The first kappa shape index (κ1) is 13.2. The molecule has 2 aromatic heterocycles. The van der Waals surface area contributed by atoms with E-state index in [0.717, 1.165) is 56.1 Å². The number of aryl methyl sites for hydroxylation is 2. The first-order valence-electron chi connectivity index (χ1n) is 7.31. The summed E-state index contributed by atoms with van der Waals surface area (Å²) in [5.41, 5.74) is 4.72. The Bertz CT molecular complexity index is 590. The molecule has 0 saturated heterocycles. The summed E-state index contributed by atoms with van der Waals surface area (Å²) in [7, 11) is 0. The van der Waals surface area contributed by atoms with E-state index >= 15 is 0 Å². The summed E-state index contributed by atoms with van der Waals surface area (Å²) in [5.74, 6) is 0.989. The minimum absolute atomic E-state index is 0.889. The molecule has 5 nitrogen and oxygen atoms in total. The summed E-state index contributed by atoms with van der Waals surface area (Å²) in [5, 5.41) is 7.30. The zero-order valence-corrected chi connectivity index (χ0v) is 12.2. The third-order valence-corrected chi connectivity index (χ3v) is 3.68. The lowest BCUT2D eigenvalue weighted by Crippen LogP contribution is -2.31. The Balaban J connectivity index is 1.69. The fourth-order valence-electron chi connectivity index (χ4n) is 2.68. The van der Waals surface area contributed by atoms with Crippen LogP contribution in [-0.4, -0.2) is 31.6 Å². The molecule has 0 fully saturated rings. The molecule has 5 heteroatoms. The highest BCUT2D eigenvalue weighted by atomic mass is 15.2. The highest BCUT2D eigenvalue weighted by Crippen LogP contribution is 2.18. The zero-order valence-electron chi connectivity index (χ0n) is 12.2. The Morgan fingerprint density at radius 3 is 3.05 bits per heavy atom. The van der Waals surface area contributed by atoms with Gasteiger partial charge in [-0.05, 0) is 19.4 Å². The van der Waals surface area contributed by atoms with Crippen LogP contribution in [0.4, 0.5) is 0 Å². The van der Waals surface area contributed by atoms with Crippen molar-refractivity contribution in [2.45, 2.75) is 46.2 Å². The van der Waals surface area contributed by atoms with E-state index < -0.39 is 0 Å². The molecule has 0 unspecified atom stereocenters. The van der Waals surface area contributed by atoms with Crippen molar-refractivity contribution >= 4 is 0 Å². The van der Waals surface area contributed by atoms with Crippen LogP contribution in [0.1, 0.15) is 41.8 Å². The molecule has 3 rings (SSSR count). The SMILES string of the molecule is CCCc1ncc2c(n1)CCN(Cc1cc(C)[nH]n1)C2. The number of hydrogen-bond donors (Lipinski definition) is 1. The van der Waals surface area contributed by atoms with Gasteiger partial charge in [-0.25, -0.2) is 9.97 Å².